The van der Waals surface area contributed by atoms with Crippen molar-refractivity contribution in [2.24, 2.45) is 5.10 Å². The van der Waals surface area contributed by atoms with Crippen molar-refractivity contribution in [2.45, 2.75) is 6.42 Å². The summed E-state index contributed by atoms with van der Waals surface area (Å²) in [6, 6.07) is 15.5. The number of carbonyl (C=O) groups is 1. The summed E-state index contributed by atoms with van der Waals surface area (Å²) in [5.41, 5.74) is 5.05. The van der Waals surface area contributed by atoms with Crippen molar-refractivity contribution >= 4 is 45.0 Å². The number of benzene rings is 2. The van der Waals surface area contributed by atoms with Crippen LogP contribution in [0.3, 0.4) is 0 Å². The number of amides is 1. The van der Waals surface area contributed by atoms with Gasteiger partial charge >= 0.3 is 0 Å². The van der Waals surface area contributed by atoms with Crippen LogP contribution in [0.2, 0.25) is 0 Å². The Morgan fingerprint density at radius 1 is 1.11 bits per heavy atom. The zero-order valence-corrected chi connectivity index (χ0v) is 16.4. The van der Waals surface area contributed by atoms with E-state index in [1.54, 1.807) is 0 Å². The molecule has 0 saturated carbocycles. The molecule has 1 N–H and O–H groups in total. The topological polar surface area (TPSA) is 44.7 Å². The van der Waals surface area contributed by atoms with Gasteiger partial charge in [-0.2, -0.15) is 10.1 Å². The highest BCUT2D eigenvalue weighted by Gasteiger charge is 2.32. The smallest absolute Gasteiger partial charge is 0.281 e. The fraction of sp³-hybridized carbons (Fsp3) is 0.0909. The minimum Gasteiger partial charge on any atom is -0.388 e. The van der Waals surface area contributed by atoms with Gasteiger partial charge in [-0.05, 0) is 60.0 Å². The molecule has 1 amide bonds. The van der Waals surface area contributed by atoms with E-state index in [9.17, 15) is 4.79 Å². The van der Waals surface area contributed by atoms with Crippen molar-refractivity contribution in [3.8, 4) is 0 Å². The van der Waals surface area contributed by atoms with Crippen LogP contribution in [0.4, 0.5) is 11.4 Å². The molecule has 0 atom stereocenters. The lowest BCUT2D eigenvalue weighted by atomic mass is 10.0. The summed E-state index contributed by atoms with van der Waals surface area (Å²) in [6.45, 7) is 0. The summed E-state index contributed by atoms with van der Waals surface area (Å²) in [4.78, 5) is 13.2. The summed E-state index contributed by atoms with van der Waals surface area (Å²) in [5, 5.41) is 9.22. The zero-order chi connectivity index (χ0) is 18.8. The Labute approximate surface area is 166 Å². The third-order valence-corrected chi connectivity index (χ3v) is 5.03. The first kappa shape index (κ1) is 17.5. The maximum Gasteiger partial charge on any atom is 0.281 e. The largest absolute Gasteiger partial charge is 0.388 e. The summed E-state index contributed by atoms with van der Waals surface area (Å²) in [6.07, 6.45) is 8.96. The number of anilines is 2. The van der Waals surface area contributed by atoms with Crippen molar-refractivity contribution in [3.05, 3.63) is 87.9 Å². The van der Waals surface area contributed by atoms with Crippen molar-refractivity contribution < 1.29 is 4.79 Å². The van der Waals surface area contributed by atoms with E-state index in [2.05, 4.69) is 38.5 Å². The van der Waals surface area contributed by atoms with Gasteiger partial charge < -0.3 is 5.32 Å². The first-order valence-corrected chi connectivity index (χ1v) is 9.50. The summed E-state index contributed by atoms with van der Waals surface area (Å²) in [7, 11) is 1.88. The quantitative estimate of drug-likeness (QED) is 0.695. The lowest BCUT2D eigenvalue weighted by molar-refractivity contribution is -0.114. The van der Waals surface area contributed by atoms with E-state index in [1.165, 1.54) is 5.01 Å². The third kappa shape index (κ3) is 3.51. The molecule has 1 aliphatic carbocycles. The third-order valence-electron chi connectivity index (χ3n) is 4.50. The maximum atomic E-state index is 13.2. The number of halogens is 1. The zero-order valence-electron chi connectivity index (χ0n) is 14.8. The summed E-state index contributed by atoms with van der Waals surface area (Å²) in [5.74, 6) is -0.119. The van der Waals surface area contributed by atoms with Crippen molar-refractivity contribution in [2.75, 3.05) is 17.4 Å². The molecule has 2 aromatic rings. The van der Waals surface area contributed by atoms with Gasteiger partial charge in [-0.3, -0.25) is 4.79 Å². The highest BCUT2D eigenvalue weighted by Crippen LogP contribution is 2.30. The van der Waals surface area contributed by atoms with Gasteiger partial charge in [0.05, 0.1) is 11.3 Å². The molecule has 0 unspecified atom stereocenters. The van der Waals surface area contributed by atoms with Crippen LogP contribution in [0.25, 0.3) is 6.08 Å². The fourth-order valence-corrected chi connectivity index (χ4v) is 3.33. The minimum absolute atomic E-state index is 0.119. The van der Waals surface area contributed by atoms with Crippen LogP contribution in [0.5, 0.6) is 0 Å². The van der Waals surface area contributed by atoms with E-state index >= 15 is 0 Å². The van der Waals surface area contributed by atoms with Gasteiger partial charge in [-0.25, -0.2) is 0 Å². The van der Waals surface area contributed by atoms with Gasteiger partial charge in [-0.15, -0.1) is 0 Å². The first-order chi connectivity index (χ1) is 13.2. The predicted octanol–water partition coefficient (Wildman–Crippen LogP) is 5.16. The van der Waals surface area contributed by atoms with Gasteiger partial charge in [0.1, 0.15) is 5.71 Å². The van der Waals surface area contributed by atoms with Gasteiger partial charge in [0.25, 0.3) is 5.91 Å². The molecule has 0 radical (unpaired) electrons. The molecule has 5 heteroatoms. The lowest BCUT2D eigenvalue weighted by Crippen LogP contribution is -2.21. The van der Waals surface area contributed by atoms with Gasteiger partial charge in [0, 0.05) is 17.2 Å². The van der Waals surface area contributed by atoms with E-state index in [1.807, 2.05) is 67.7 Å². The van der Waals surface area contributed by atoms with Gasteiger partial charge in [-0.1, -0.05) is 46.3 Å². The normalized spacial score (nSPS) is 17.5. The fourth-order valence-electron chi connectivity index (χ4n) is 3.06. The number of hydrogen-bond acceptors (Lipinski definition) is 3. The number of hydrogen-bond donors (Lipinski definition) is 1. The molecule has 1 aliphatic heterocycles. The summed E-state index contributed by atoms with van der Waals surface area (Å²) >= 11 is 3.43. The number of carbonyl (C=O) groups excluding carboxylic acids is 1. The maximum absolute atomic E-state index is 13.2. The number of nitrogens with zero attached hydrogens (tertiary/aromatic N) is 2. The number of allylic oxidation sites excluding steroid dienone is 4. The first-order valence-electron chi connectivity index (χ1n) is 8.71. The molecule has 27 heavy (non-hydrogen) atoms. The monoisotopic (exact) mass is 419 g/mol. The highest BCUT2D eigenvalue weighted by molar-refractivity contribution is 9.10. The van der Waals surface area contributed by atoms with E-state index in [0.29, 0.717) is 5.57 Å². The standard InChI is InChI=1S/C22H18BrN3O/c1-24-18-10-6-15(7-11-18)14-20-21(16-4-2-3-5-16)25-26(22(20)27)19-12-8-17(23)9-13-19/h2,4-14,24H,3H2,1H3/b20-14+. The van der Waals surface area contributed by atoms with Crippen LogP contribution >= 0.6 is 15.9 Å². The molecule has 2 aliphatic rings. The molecule has 2 aromatic carbocycles. The molecule has 0 aromatic heterocycles. The Morgan fingerprint density at radius 3 is 2.48 bits per heavy atom. The van der Waals surface area contributed by atoms with Crippen LogP contribution in [0, 0.1) is 0 Å². The minimum atomic E-state index is -0.119. The number of nitrogens with one attached hydrogen (secondary N) is 1. The van der Waals surface area contributed by atoms with Gasteiger partial charge in [0.15, 0.2) is 0 Å². The Balaban J connectivity index is 1.75. The van der Waals surface area contributed by atoms with Crippen molar-refractivity contribution in [3.63, 3.8) is 0 Å². The number of hydrazone groups is 1. The average Bonchev–Trinajstić information content (AvgIpc) is 3.32. The Hall–Kier alpha value is -2.92. The van der Waals surface area contributed by atoms with E-state index in [-0.39, 0.29) is 5.91 Å². The van der Waals surface area contributed by atoms with Gasteiger partial charge in [0.2, 0.25) is 0 Å². The Bertz CT molecular complexity index is 999. The van der Waals surface area contributed by atoms with E-state index < -0.39 is 0 Å². The van der Waals surface area contributed by atoms with E-state index in [4.69, 9.17) is 0 Å². The highest BCUT2D eigenvalue weighted by atomic mass is 79.9. The van der Waals surface area contributed by atoms with Crippen molar-refractivity contribution in [1.82, 2.24) is 0 Å². The molecule has 4 nitrogen and oxygen atoms in total. The van der Waals surface area contributed by atoms with Crippen LogP contribution in [-0.2, 0) is 4.79 Å². The molecule has 4 rings (SSSR count). The molecular formula is C22H18BrN3O. The summed E-state index contributed by atoms with van der Waals surface area (Å²) < 4.78 is 0.962. The van der Waals surface area contributed by atoms with E-state index in [0.717, 1.165) is 39.1 Å². The predicted molar refractivity (Wildman–Crippen MR) is 115 cm³/mol. The average molecular weight is 420 g/mol. The molecule has 134 valence electrons. The Morgan fingerprint density at radius 2 is 1.85 bits per heavy atom. The second-order valence-electron chi connectivity index (χ2n) is 6.27. The molecule has 0 bridgehead atoms. The second kappa shape index (κ2) is 7.37. The SMILES string of the molecule is CNc1ccc(/C=C2/C(=O)N(c3ccc(Br)cc3)N=C2C2=CCC=C2)cc1. The molecule has 0 spiro atoms. The lowest BCUT2D eigenvalue weighted by Gasteiger charge is -2.11. The van der Waals surface area contributed by atoms with Crippen LogP contribution < -0.4 is 10.3 Å². The van der Waals surface area contributed by atoms with Crippen LogP contribution in [-0.4, -0.2) is 18.7 Å². The second-order valence-corrected chi connectivity index (χ2v) is 7.19. The Kier molecular flexibility index (Phi) is 4.77. The van der Waals surface area contributed by atoms with Crippen LogP contribution in [0.1, 0.15) is 12.0 Å². The van der Waals surface area contributed by atoms with Crippen LogP contribution in [0.15, 0.2) is 87.5 Å². The van der Waals surface area contributed by atoms with Crippen molar-refractivity contribution in [1.29, 1.82) is 0 Å². The number of rotatable bonds is 4. The molecule has 0 saturated heterocycles. The molecule has 1 heterocycles. The molecular weight excluding hydrogens is 402 g/mol. The molecule has 0 fully saturated rings.